The van der Waals surface area contributed by atoms with Gasteiger partial charge in [0.25, 0.3) is 0 Å². The molecule has 1 rings (SSSR count). The van der Waals surface area contributed by atoms with Gasteiger partial charge in [-0.15, -0.1) is 17.9 Å². The molecular weight excluding hydrogens is 224 g/mol. The van der Waals surface area contributed by atoms with Crippen molar-refractivity contribution in [3.8, 4) is 5.75 Å². The lowest BCUT2D eigenvalue weighted by atomic mass is 10.4. The molecule has 1 aromatic heterocycles. The molecule has 0 radical (unpaired) electrons. The summed E-state index contributed by atoms with van der Waals surface area (Å²) < 4.78 is 5.16. The van der Waals surface area contributed by atoms with Crippen LogP contribution >= 0.6 is 11.3 Å². The number of rotatable bonds is 7. The van der Waals surface area contributed by atoms with Crippen molar-refractivity contribution in [2.75, 3.05) is 20.2 Å². The zero-order valence-electron chi connectivity index (χ0n) is 9.29. The van der Waals surface area contributed by atoms with Crippen LogP contribution in [0.5, 0.6) is 5.75 Å². The highest BCUT2D eigenvalue weighted by Gasteiger charge is 2.04. The van der Waals surface area contributed by atoms with Crippen molar-refractivity contribution in [3.05, 3.63) is 29.0 Å². The van der Waals surface area contributed by atoms with E-state index >= 15 is 0 Å². The van der Waals surface area contributed by atoms with Crippen LogP contribution in [0.4, 0.5) is 0 Å². The van der Waals surface area contributed by atoms with Crippen molar-refractivity contribution in [3.63, 3.8) is 0 Å². The largest absolute Gasteiger partial charge is 0.496 e. The predicted molar refractivity (Wildman–Crippen MR) is 65.8 cm³/mol. The molecule has 0 saturated carbocycles. The molecule has 1 heterocycles. The highest BCUT2D eigenvalue weighted by Crippen LogP contribution is 2.23. The third-order valence-corrected chi connectivity index (χ3v) is 2.84. The maximum absolute atomic E-state index is 11.2. The Morgan fingerprint density at radius 2 is 2.50 bits per heavy atom. The van der Waals surface area contributed by atoms with Crippen LogP contribution in [-0.4, -0.2) is 26.1 Å². The third-order valence-electron chi connectivity index (χ3n) is 1.94. The minimum atomic E-state index is -0.0320. The Hall–Kier alpha value is -1.33. The van der Waals surface area contributed by atoms with Crippen LogP contribution in [0.15, 0.2) is 24.1 Å². The van der Waals surface area contributed by atoms with Crippen molar-refractivity contribution in [2.45, 2.75) is 6.54 Å². The van der Waals surface area contributed by atoms with Gasteiger partial charge in [-0.05, 0) is 11.4 Å². The van der Waals surface area contributed by atoms with Crippen LogP contribution in [0.2, 0.25) is 0 Å². The summed E-state index contributed by atoms with van der Waals surface area (Å²) in [6.07, 6.45) is 1.65. The van der Waals surface area contributed by atoms with Gasteiger partial charge in [0.15, 0.2) is 0 Å². The smallest absolute Gasteiger partial charge is 0.234 e. The van der Waals surface area contributed by atoms with Crippen molar-refractivity contribution < 1.29 is 9.53 Å². The molecule has 0 unspecified atom stereocenters. The van der Waals surface area contributed by atoms with E-state index in [2.05, 4.69) is 17.2 Å². The predicted octanol–water partition coefficient (Wildman–Crippen LogP) is 1.15. The first kappa shape index (κ1) is 12.7. The second-order valence-electron chi connectivity index (χ2n) is 3.11. The molecule has 0 aromatic carbocycles. The summed E-state index contributed by atoms with van der Waals surface area (Å²) in [5.74, 6) is 0.833. The molecular formula is C11H16N2O2S. The lowest BCUT2D eigenvalue weighted by Gasteiger charge is -2.05. The van der Waals surface area contributed by atoms with Crippen molar-refractivity contribution in [1.82, 2.24) is 10.6 Å². The first-order valence-corrected chi connectivity index (χ1v) is 5.84. The van der Waals surface area contributed by atoms with E-state index in [-0.39, 0.29) is 5.91 Å². The van der Waals surface area contributed by atoms with Gasteiger partial charge in [-0.3, -0.25) is 4.79 Å². The minimum Gasteiger partial charge on any atom is -0.496 e. The van der Waals surface area contributed by atoms with Gasteiger partial charge in [0, 0.05) is 13.1 Å². The molecule has 88 valence electrons. The maximum Gasteiger partial charge on any atom is 0.234 e. The number of ether oxygens (including phenoxy) is 1. The molecule has 16 heavy (non-hydrogen) atoms. The van der Waals surface area contributed by atoms with E-state index in [1.54, 1.807) is 24.5 Å². The van der Waals surface area contributed by atoms with Gasteiger partial charge in [-0.2, -0.15) is 0 Å². The molecule has 0 aliphatic carbocycles. The molecule has 4 nitrogen and oxygen atoms in total. The Kier molecular flexibility index (Phi) is 5.60. The van der Waals surface area contributed by atoms with Crippen LogP contribution < -0.4 is 15.4 Å². The van der Waals surface area contributed by atoms with E-state index < -0.39 is 0 Å². The van der Waals surface area contributed by atoms with Gasteiger partial charge in [-0.25, -0.2) is 0 Å². The van der Waals surface area contributed by atoms with Crippen LogP contribution in [0.3, 0.4) is 0 Å². The number of carbonyl (C=O) groups is 1. The molecule has 0 bridgehead atoms. The van der Waals surface area contributed by atoms with Gasteiger partial charge in [0.05, 0.1) is 18.5 Å². The normalized spacial score (nSPS) is 9.81. The molecule has 0 fully saturated rings. The SMILES string of the molecule is C=CCNC(=O)CNCc1sccc1OC. The number of amides is 1. The second-order valence-corrected chi connectivity index (χ2v) is 4.11. The molecule has 0 aliphatic rings. The molecule has 1 amide bonds. The van der Waals surface area contributed by atoms with Gasteiger partial charge in [-0.1, -0.05) is 6.08 Å². The van der Waals surface area contributed by atoms with Crippen molar-refractivity contribution >= 4 is 17.2 Å². The molecule has 2 N–H and O–H groups in total. The van der Waals surface area contributed by atoms with Crippen molar-refractivity contribution in [1.29, 1.82) is 0 Å². The average Bonchev–Trinajstić information content (AvgIpc) is 2.74. The third kappa shape index (κ3) is 4.04. The summed E-state index contributed by atoms with van der Waals surface area (Å²) in [7, 11) is 1.64. The zero-order valence-corrected chi connectivity index (χ0v) is 10.1. The summed E-state index contributed by atoms with van der Waals surface area (Å²) in [5.41, 5.74) is 0. The molecule has 0 spiro atoms. The lowest BCUT2D eigenvalue weighted by Crippen LogP contribution is -2.33. The summed E-state index contributed by atoms with van der Waals surface area (Å²) in [5, 5.41) is 7.71. The number of carbonyl (C=O) groups excluding carboxylic acids is 1. The molecule has 1 aromatic rings. The topological polar surface area (TPSA) is 50.4 Å². The average molecular weight is 240 g/mol. The Morgan fingerprint density at radius 1 is 1.69 bits per heavy atom. The molecule has 0 saturated heterocycles. The fraction of sp³-hybridized carbons (Fsp3) is 0.364. The highest BCUT2D eigenvalue weighted by molar-refractivity contribution is 7.10. The highest BCUT2D eigenvalue weighted by atomic mass is 32.1. The van der Waals surface area contributed by atoms with Crippen molar-refractivity contribution in [2.24, 2.45) is 0 Å². The van der Waals surface area contributed by atoms with E-state index in [1.807, 2.05) is 11.4 Å². The Balaban J connectivity index is 2.25. The quantitative estimate of drug-likeness (QED) is 0.703. The van der Waals surface area contributed by atoms with Gasteiger partial charge < -0.3 is 15.4 Å². The Bertz CT molecular complexity index is 350. The summed E-state index contributed by atoms with van der Waals surface area (Å²) in [4.78, 5) is 12.3. The molecule has 0 aliphatic heterocycles. The summed E-state index contributed by atoms with van der Waals surface area (Å²) in [6.45, 7) is 4.97. The molecule has 5 heteroatoms. The van der Waals surface area contributed by atoms with Crippen LogP contribution in [0.25, 0.3) is 0 Å². The standard InChI is InChI=1S/C11H16N2O2S/c1-3-5-13-11(14)8-12-7-10-9(15-2)4-6-16-10/h3-4,6,12H,1,5,7-8H2,2H3,(H,13,14). The fourth-order valence-corrected chi connectivity index (χ4v) is 1.99. The first-order chi connectivity index (χ1) is 7.77. The number of hydrogen-bond donors (Lipinski definition) is 2. The van der Waals surface area contributed by atoms with E-state index in [0.29, 0.717) is 19.6 Å². The maximum atomic E-state index is 11.2. The summed E-state index contributed by atoms with van der Waals surface area (Å²) in [6, 6.07) is 1.92. The summed E-state index contributed by atoms with van der Waals surface area (Å²) >= 11 is 1.61. The molecule has 0 atom stereocenters. The monoisotopic (exact) mass is 240 g/mol. The minimum absolute atomic E-state index is 0.0320. The lowest BCUT2D eigenvalue weighted by molar-refractivity contribution is -0.120. The van der Waals surface area contributed by atoms with E-state index in [0.717, 1.165) is 10.6 Å². The van der Waals surface area contributed by atoms with Gasteiger partial charge in [0.1, 0.15) is 5.75 Å². The zero-order chi connectivity index (χ0) is 11.8. The number of nitrogens with one attached hydrogen (secondary N) is 2. The number of methoxy groups -OCH3 is 1. The second kappa shape index (κ2) is 7.03. The Labute approximate surface area is 99.3 Å². The van der Waals surface area contributed by atoms with E-state index in [4.69, 9.17) is 4.74 Å². The number of hydrogen-bond acceptors (Lipinski definition) is 4. The fourth-order valence-electron chi connectivity index (χ4n) is 1.18. The van der Waals surface area contributed by atoms with Crippen LogP contribution in [-0.2, 0) is 11.3 Å². The van der Waals surface area contributed by atoms with E-state index in [9.17, 15) is 4.79 Å². The van der Waals surface area contributed by atoms with Crippen LogP contribution in [0, 0.1) is 0 Å². The van der Waals surface area contributed by atoms with Gasteiger partial charge >= 0.3 is 0 Å². The van der Waals surface area contributed by atoms with Crippen LogP contribution in [0.1, 0.15) is 4.88 Å². The van der Waals surface area contributed by atoms with Gasteiger partial charge in [0.2, 0.25) is 5.91 Å². The first-order valence-electron chi connectivity index (χ1n) is 4.96. The van der Waals surface area contributed by atoms with E-state index in [1.165, 1.54) is 0 Å². The Morgan fingerprint density at radius 3 is 3.19 bits per heavy atom. The number of thiophene rings is 1.